The molecule has 4 fully saturated rings. The molecule has 0 unspecified atom stereocenters. The van der Waals surface area contributed by atoms with Crippen LogP contribution < -0.4 is 0 Å². The monoisotopic (exact) mass is 374 g/mol. The maximum atomic E-state index is 13.5. The molecule has 148 valence electrons. The van der Waals surface area contributed by atoms with E-state index in [0.717, 1.165) is 19.3 Å². The van der Waals surface area contributed by atoms with Gasteiger partial charge in [0.15, 0.2) is 5.78 Å². The lowest BCUT2D eigenvalue weighted by Gasteiger charge is -2.64. The summed E-state index contributed by atoms with van der Waals surface area (Å²) < 4.78 is 5.72. The molecule has 0 aromatic rings. The minimum Gasteiger partial charge on any atom is -0.461 e. The van der Waals surface area contributed by atoms with Gasteiger partial charge in [-0.25, -0.2) is 0 Å². The number of hydrogen-bond acceptors (Lipinski definition) is 5. The molecule has 7 atom stereocenters. The van der Waals surface area contributed by atoms with Crippen molar-refractivity contribution >= 4 is 17.5 Å². The van der Waals surface area contributed by atoms with Gasteiger partial charge in [-0.2, -0.15) is 0 Å². The molecule has 0 heterocycles. The van der Waals surface area contributed by atoms with E-state index >= 15 is 0 Å². The predicted molar refractivity (Wildman–Crippen MR) is 98.6 cm³/mol. The highest BCUT2D eigenvalue weighted by Crippen LogP contribution is 2.71. The van der Waals surface area contributed by atoms with Crippen molar-refractivity contribution in [1.82, 2.24) is 0 Å². The summed E-state index contributed by atoms with van der Waals surface area (Å²) in [6, 6.07) is 0. The third-order valence-corrected chi connectivity index (χ3v) is 8.71. The Morgan fingerprint density at radius 1 is 1.19 bits per heavy atom. The fraction of sp³-hybridized carbons (Fsp3) is 0.773. The van der Waals surface area contributed by atoms with Crippen LogP contribution in [0.3, 0.4) is 0 Å². The van der Waals surface area contributed by atoms with Crippen molar-refractivity contribution in [2.45, 2.75) is 72.0 Å². The van der Waals surface area contributed by atoms with E-state index in [2.05, 4.69) is 13.5 Å². The second-order valence-electron chi connectivity index (χ2n) is 10.0. The normalized spacial score (nSPS) is 48.0. The Morgan fingerprint density at radius 2 is 1.85 bits per heavy atom. The van der Waals surface area contributed by atoms with Crippen LogP contribution in [0.2, 0.25) is 0 Å². The summed E-state index contributed by atoms with van der Waals surface area (Å²) in [5.74, 6) is -0.682. The van der Waals surface area contributed by atoms with Gasteiger partial charge in [-0.3, -0.25) is 14.4 Å². The summed E-state index contributed by atoms with van der Waals surface area (Å²) >= 11 is 0. The second kappa shape index (κ2) is 5.53. The standard InChI is InChI=1S/C22H30O5/c1-11-13-6-7-14-21(5)9-8-16(24)20(3,4)15(21)10-17(27-12(2)23)22(14,18(11)25)19(13)26/h13-15,17,19,26H,1,6-10H2,2-5H3/t13-,14-,15+,17+,19+,21-,22-/m0/s1. The molecule has 1 N–H and O–H groups in total. The van der Waals surface area contributed by atoms with Gasteiger partial charge in [-0.1, -0.05) is 27.4 Å². The molecule has 2 bridgehead atoms. The number of esters is 1. The number of hydrogen-bond donors (Lipinski definition) is 1. The summed E-state index contributed by atoms with van der Waals surface area (Å²) in [7, 11) is 0. The second-order valence-corrected chi connectivity index (χ2v) is 10.0. The zero-order valence-electron chi connectivity index (χ0n) is 16.7. The summed E-state index contributed by atoms with van der Waals surface area (Å²) in [4.78, 5) is 38.1. The van der Waals surface area contributed by atoms with Crippen LogP contribution >= 0.6 is 0 Å². The predicted octanol–water partition coefficient (Wildman–Crippen LogP) is 2.85. The van der Waals surface area contributed by atoms with Gasteiger partial charge in [-0.05, 0) is 48.5 Å². The van der Waals surface area contributed by atoms with Crippen LogP contribution in [0.1, 0.15) is 59.8 Å². The molecule has 4 saturated carbocycles. The molecular formula is C22H30O5. The maximum Gasteiger partial charge on any atom is 0.302 e. The van der Waals surface area contributed by atoms with Crippen LogP contribution in [0.25, 0.3) is 0 Å². The zero-order valence-corrected chi connectivity index (χ0v) is 16.7. The number of aliphatic hydroxyl groups is 1. The van der Waals surface area contributed by atoms with E-state index in [1.54, 1.807) is 0 Å². The molecule has 4 aliphatic rings. The van der Waals surface area contributed by atoms with Gasteiger partial charge in [-0.15, -0.1) is 0 Å². The third kappa shape index (κ3) is 2.07. The Kier molecular flexibility index (Phi) is 3.86. The van der Waals surface area contributed by atoms with Gasteiger partial charge < -0.3 is 9.84 Å². The fourth-order valence-corrected chi connectivity index (χ4v) is 7.46. The molecule has 0 aromatic carbocycles. The molecule has 0 aromatic heterocycles. The molecule has 0 aliphatic heterocycles. The highest BCUT2D eigenvalue weighted by atomic mass is 16.5. The van der Waals surface area contributed by atoms with Crippen molar-refractivity contribution < 1.29 is 24.2 Å². The first kappa shape index (κ1) is 18.9. The third-order valence-electron chi connectivity index (χ3n) is 8.71. The van der Waals surface area contributed by atoms with Crippen LogP contribution in [0.15, 0.2) is 12.2 Å². The topological polar surface area (TPSA) is 80.7 Å². The van der Waals surface area contributed by atoms with E-state index in [9.17, 15) is 19.5 Å². The number of ether oxygens (including phenoxy) is 1. The van der Waals surface area contributed by atoms with Crippen LogP contribution in [-0.4, -0.2) is 34.9 Å². The van der Waals surface area contributed by atoms with E-state index in [1.807, 2.05) is 13.8 Å². The Balaban J connectivity index is 1.91. The van der Waals surface area contributed by atoms with E-state index in [0.29, 0.717) is 18.4 Å². The average molecular weight is 374 g/mol. The Hall–Kier alpha value is -1.49. The Morgan fingerprint density at radius 3 is 2.48 bits per heavy atom. The van der Waals surface area contributed by atoms with Gasteiger partial charge in [0.2, 0.25) is 0 Å². The van der Waals surface area contributed by atoms with E-state index in [1.165, 1.54) is 6.92 Å². The molecule has 4 rings (SSSR count). The summed E-state index contributed by atoms with van der Waals surface area (Å²) in [5.41, 5.74) is -1.41. The number of Topliss-reactive ketones (excluding diaryl/α,β-unsaturated/α-hetero) is 2. The quantitative estimate of drug-likeness (QED) is 0.564. The molecule has 1 spiro atoms. The van der Waals surface area contributed by atoms with Crippen molar-refractivity contribution in [3.05, 3.63) is 12.2 Å². The van der Waals surface area contributed by atoms with Gasteiger partial charge in [0.1, 0.15) is 11.9 Å². The summed E-state index contributed by atoms with van der Waals surface area (Å²) in [6.45, 7) is 11.5. The van der Waals surface area contributed by atoms with Crippen molar-refractivity contribution in [3.63, 3.8) is 0 Å². The van der Waals surface area contributed by atoms with Crippen molar-refractivity contribution in [1.29, 1.82) is 0 Å². The lowest BCUT2D eigenvalue weighted by Crippen LogP contribution is -2.68. The van der Waals surface area contributed by atoms with Crippen molar-refractivity contribution in [2.24, 2.45) is 34.0 Å². The molecule has 5 nitrogen and oxygen atoms in total. The van der Waals surface area contributed by atoms with Crippen LogP contribution in [0.5, 0.6) is 0 Å². The highest BCUT2D eigenvalue weighted by Gasteiger charge is 2.75. The van der Waals surface area contributed by atoms with Gasteiger partial charge in [0.25, 0.3) is 0 Å². The largest absolute Gasteiger partial charge is 0.461 e. The molecule has 4 aliphatic carbocycles. The first-order valence-corrected chi connectivity index (χ1v) is 10.1. The number of rotatable bonds is 1. The van der Waals surface area contributed by atoms with Crippen LogP contribution in [-0.2, 0) is 19.1 Å². The minimum atomic E-state index is -1.10. The number of aliphatic hydroxyl groups excluding tert-OH is 1. The maximum absolute atomic E-state index is 13.5. The summed E-state index contributed by atoms with van der Waals surface area (Å²) in [6.07, 6.45) is 1.61. The molecule has 0 amide bonds. The van der Waals surface area contributed by atoms with Gasteiger partial charge in [0, 0.05) is 24.7 Å². The number of ketones is 2. The van der Waals surface area contributed by atoms with Crippen molar-refractivity contribution in [2.75, 3.05) is 0 Å². The Labute approximate surface area is 160 Å². The molecule has 27 heavy (non-hydrogen) atoms. The minimum absolute atomic E-state index is 0.0108. The first-order chi connectivity index (χ1) is 12.5. The van der Waals surface area contributed by atoms with Crippen LogP contribution in [0.4, 0.5) is 0 Å². The van der Waals surface area contributed by atoms with E-state index in [4.69, 9.17) is 4.74 Å². The first-order valence-electron chi connectivity index (χ1n) is 10.1. The average Bonchev–Trinajstić information content (AvgIpc) is 2.69. The van der Waals surface area contributed by atoms with E-state index < -0.39 is 29.0 Å². The number of fused-ring (bicyclic) bond motifs is 3. The van der Waals surface area contributed by atoms with Crippen LogP contribution in [0, 0.1) is 34.0 Å². The lowest BCUT2D eigenvalue weighted by atomic mass is 9.39. The molecule has 0 saturated heterocycles. The smallest absolute Gasteiger partial charge is 0.302 e. The van der Waals surface area contributed by atoms with Gasteiger partial charge >= 0.3 is 5.97 Å². The zero-order chi connectivity index (χ0) is 19.9. The fourth-order valence-electron chi connectivity index (χ4n) is 7.46. The molecular weight excluding hydrogens is 344 g/mol. The SMILES string of the molecule is C=C1C(=O)[C@]23[C@H](O)[C@H]1CC[C@H]2[C@]1(C)CCC(=O)C(C)(C)[C@H]1C[C@H]3OC(C)=O. The lowest BCUT2D eigenvalue weighted by molar-refractivity contribution is -0.230. The van der Waals surface area contributed by atoms with Crippen molar-refractivity contribution in [3.8, 4) is 0 Å². The molecule has 0 radical (unpaired) electrons. The highest BCUT2D eigenvalue weighted by molar-refractivity contribution is 6.04. The number of carbonyl (C=O) groups excluding carboxylic acids is 3. The number of carbonyl (C=O) groups is 3. The molecule has 5 heteroatoms. The summed E-state index contributed by atoms with van der Waals surface area (Å²) in [5, 5.41) is 11.3. The van der Waals surface area contributed by atoms with Gasteiger partial charge in [0.05, 0.1) is 11.5 Å². The Bertz CT molecular complexity index is 752. The van der Waals surface area contributed by atoms with E-state index in [-0.39, 0.29) is 34.7 Å².